The van der Waals surface area contributed by atoms with Gasteiger partial charge in [-0.05, 0) is 59.8 Å². The highest BCUT2D eigenvalue weighted by atomic mass is 16.5. The molecule has 0 aromatic carbocycles. The van der Waals surface area contributed by atoms with Crippen molar-refractivity contribution in [3.8, 4) is 0 Å². The molecule has 1 aliphatic rings. The first-order valence-corrected chi connectivity index (χ1v) is 8.20. The van der Waals surface area contributed by atoms with Crippen LogP contribution < -0.4 is 5.32 Å². The molecule has 1 fully saturated rings. The van der Waals surface area contributed by atoms with E-state index < -0.39 is 5.54 Å². The number of rotatable bonds is 9. The van der Waals surface area contributed by atoms with E-state index in [1.165, 1.54) is 19.5 Å². The number of hydrogen-bond donors (Lipinski definition) is 1. The zero-order valence-corrected chi connectivity index (χ0v) is 14.4. The van der Waals surface area contributed by atoms with Crippen LogP contribution >= 0.6 is 0 Å². The molecule has 5 nitrogen and oxygen atoms in total. The molecular weight excluding hydrogens is 266 g/mol. The van der Waals surface area contributed by atoms with E-state index in [0.717, 1.165) is 32.0 Å². The quantitative estimate of drug-likeness (QED) is 0.648. The van der Waals surface area contributed by atoms with Gasteiger partial charge >= 0.3 is 5.97 Å². The van der Waals surface area contributed by atoms with Crippen molar-refractivity contribution in [2.45, 2.75) is 39.2 Å². The molecule has 1 N–H and O–H groups in total. The van der Waals surface area contributed by atoms with Crippen LogP contribution in [0.5, 0.6) is 0 Å². The van der Waals surface area contributed by atoms with Crippen LogP contribution in [-0.4, -0.2) is 74.7 Å². The average Bonchev–Trinajstić information content (AvgIpc) is 2.82. The Morgan fingerprint density at radius 1 is 1.48 bits per heavy atom. The van der Waals surface area contributed by atoms with E-state index in [9.17, 15) is 4.79 Å². The molecule has 0 spiro atoms. The second-order valence-corrected chi connectivity index (χ2v) is 6.51. The average molecular weight is 299 g/mol. The fourth-order valence-corrected chi connectivity index (χ4v) is 3.07. The molecule has 124 valence electrons. The van der Waals surface area contributed by atoms with Gasteiger partial charge in [0.15, 0.2) is 0 Å². The van der Waals surface area contributed by atoms with Gasteiger partial charge in [-0.1, -0.05) is 6.92 Å². The highest BCUT2D eigenvalue weighted by Gasteiger charge is 2.34. The van der Waals surface area contributed by atoms with Crippen molar-refractivity contribution in [1.82, 2.24) is 15.1 Å². The van der Waals surface area contributed by atoms with E-state index in [2.05, 4.69) is 29.2 Å². The molecule has 1 aliphatic heterocycles. The second kappa shape index (κ2) is 8.71. The maximum absolute atomic E-state index is 12.1. The Morgan fingerprint density at radius 2 is 2.19 bits per heavy atom. The molecule has 2 atom stereocenters. The molecule has 0 radical (unpaired) electrons. The van der Waals surface area contributed by atoms with Gasteiger partial charge < -0.3 is 19.9 Å². The van der Waals surface area contributed by atoms with E-state index in [0.29, 0.717) is 6.61 Å². The van der Waals surface area contributed by atoms with Crippen LogP contribution in [0.25, 0.3) is 0 Å². The smallest absolute Gasteiger partial charge is 0.326 e. The molecule has 1 rings (SSSR count). The van der Waals surface area contributed by atoms with Gasteiger partial charge in [-0.3, -0.25) is 4.79 Å². The summed E-state index contributed by atoms with van der Waals surface area (Å²) in [6.07, 6.45) is 2.06. The summed E-state index contributed by atoms with van der Waals surface area (Å²) in [4.78, 5) is 16.9. The highest BCUT2D eigenvalue weighted by Crippen LogP contribution is 2.17. The summed E-state index contributed by atoms with van der Waals surface area (Å²) in [5, 5.41) is 3.29. The number of ether oxygens (including phenoxy) is 1. The van der Waals surface area contributed by atoms with E-state index in [-0.39, 0.29) is 5.97 Å². The third-order valence-electron chi connectivity index (χ3n) is 4.35. The van der Waals surface area contributed by atoms with Crippen molar-refractivity contribution in [1.29, 1.82) is 0 Å². The fraction of sp³-hybridized carbons (Fsp3) is 0.938. The maximum atomic E-state index is 12.1. The molecule has 21 heavy (non-hydrogen) atoms. The molecule has 0 bridgehead atoms. The molecular formula is C16H33N3O2. The monoisotopic (exact) mass is 299 g/mol. The number of esters is 1. The van der Waals surface area contributed by atoms with Crippen LogP contribution in [0.2, 0.25) is 0 Å². The first kappa shape index (κ1) is 18.4. The van der Waals surface area contributed by atoms with Crippen LogP contribution in [0.3, 0.4) is 0 Å². The number of carbonyl (C=O) groups is 1. The molecule has 0 saturated carbocycles. The fourth-order valence-electron chi connectivity index (χ4n) is 3.07. The lowest BCUT2D eigenvalue weighted by Gasteiger charge is -2.30. The minimum Gasteiger partial charge on any atom is -0.465 e. The normalized spacial score (nSPS) is 22.5. The Labute approximate surface area is 130 Å². The number of nitrogens with zero attached hydrogens (tertiary/aromatic N) is 2. The number of nitrogens with one attached hydrogen (secondary N) is 1. The van der Waals surface area contributed by atoms with Gasteiger partial charge in [0, 0.05) is 19.6 Å². The van der Waals surface area contributed by atoms with Gasteiger partial charge in [0.1, 0.15) is 5.54 Å². The van der Waals surface area contributed by atoms with E-state index in [4.69, 9.17) is 4.74 Å². The molecule has 0 aromatic rings. The van der Waals surface area contributed by atoms with Crippen LogP contribution in [0.15, 0.2) is 0 Å². The lowest BCUT2D eigenvalue weighted by molar-refractivity contribution is -0.151. The number of carbonyl (C=O) groups excluding carboxylic acids is 1. The minimum absolute atomic E-state index is 0.138. The highest BCUT2D eigenvalue weighted by molar-refractivity contribution is 5.80. The Kier molecular flexibility index (Phi) is 7.63. The van der Waals surface area contributed by atoms with Crippen molar-refractivity contribution in [3.63, 3.8) is 0 Å². The van der Waals surface area contributed by atoms with Crippen molar-refractivity contribution >= 4 is 5.97 Å². The number of hydrogen-bond acceptors (Lipinski definition) is 5. The molecule has 1 saturated heterocycles. The Morgan fingerprint density at radius 3 is 2.71 bits per heavy atom. The van der Waals surface area contributed by atoms with Crippen molar-refractivity contribution in [2.75, 3.05) is 53.4 Å². The first-order valence-electron chi connectivity index (χ1n) is 8.20. The van der Waals surface area contributed by atoms with Gasteiger partial charge in [-0.25, -0.2) is 0 Å². The lowest BCUT2D eigenvalue weighted by atomic mass is 9.97. The minimum atomic E-state index is -0.578. The van der Waals surface area contributed by atoms with Crippen molar-refractivity contribution < 1.29 is 9.53 Å². The predicted molar refractivity (Wildman–Crippen MR) is 86.4 cm³/mol. The Hall–Kier alpha value is -0.650. The van der Waals surface area contributed by atoms with Gasteiger partial charge in [0.2, 0.25) is 0 Å². The van der Waals surface area contributed by atoms with Crippen LogP contribution in [0, 0.1) is 5.92 Å². The molecule has 0 aliphatic carbocycles. The molecule has 2 unspecified atom stereocenters. The zero-order chi connectivity index (χ0) is 15.9. The van der Waals surface area contributed by atoms with Crippen molar-refractivity contribution in [3.05, 3.63) is 0 Å². The van der Waals surface area contributed by atoms with Crippen LogP contribution in [-0.2, 0) is 9.53 Å². The van der Waals surface area contributed by atoms with Gasteiger partial charge in [-0.2, -0.15) is 0 Å². The van der Waals surface area contributed by atoms with Crippen molar-refractivity contribution in [2.24, 2.45) is 5.92 Å². The van der Waals surface area contributed by atoms with Gasteiger partial charge in [0.25, 0.3) is 0 Å². The van der Waals surface area contributed by atoms with Gasteiger partial charge in [0.05, 0.1) is 6.61 Å². The first-order chi connectivity index (χ1) is 9.91. The van der Waals surface area contributed by atoms with Crippen LogP contribution in [0.4, 0.5) is 0 Å². The summed E-state index contributed by atoms with van der Waals surface area (Å²) >= 11 is 0. The second-order valence-electron chi connectivity index (χ2n) is 6.51. The third kappa shape index (κ3) is 5.93. The summed E-state index contributed by atoms with van der Waals surface area (Å²) in [5.74, 6) is 0.619. The Bertz CT molecular complexity index is 325. The number of likely N-dealkylation sites (N-methyl/N-ethyl adjacent to an activating group) is 1. The zero-order valence-electron chi connectivity index (χ0n) is 14.4. The molecule has 0 amide bonds. The molecule has 0 aromatic heterocycles. The molecule has 5 heteroatoms. The molecule has 1 heterocycles. The van der Waals surface area contributed by atoms with E-state index in [1.54, 1.807) is 0 Å². The largest absolute Gasteiger partial charge is 0.465 e. The summed E-state index contributed by atoms with van der Waals surface area (Å²) in [6, 6.07) is 0. The van der Waals surface area contributed by atoms with E-state index in [1.807, 2.05) is 20.8 Å². The van der Waals surface area contributed by atoms with Gasteiger partial charge in [-0.15, -0.1) is 0 Å². The Balaban J connectivity index is 2.42. The summed E-state index contributed by atoms with van der Waals surface area (Å²) in [6.45, 7) is 11.4. The maximum Gasteiger partial charge on any atom is 0.326 e. The summed E-state index contributed by atoms with van der Waals surface area (Å²) in [7, 11) is 4.33. The summed E-state index contributed by atoms with van der Waals surface area (Å²) in [5.41, 5.74) is -0.578. The third-order valence-corrected chi connectivity index (χ3v) is 4.35. The SMILES string of the molecule is CCNC(C)(CCN(C)CC1CCN(C)C1)C(=O)OCC. The van der Waals surface area contributed by atoms with Crippen LogP contribution in [0.1, 0.15) is 33.6 Å². The topological polar surface area (TPSA) is 44.8 Å². The predicted octanol–water partition coefficient (Wildman–Crippen LogP) is 1.19. The number of likely N-dealkylation sites (tertiary alicyclic amines) is 1. The van der Waals surface area contributed by atoms with E-state index >= 15 is 0 Å². The lowest BCUT2D eigenvalue weighted by Crippen LogP contribution is -2.52. The summed E-state index contributed by atoms with van der Waals surface area (Å²) < 4.78 is 5.21. The standard InChI is InChI=1S/C16H33N3O2/c1-6-17-16(3,15(20)21-7-2)9-11-19(5)13-14-8-10-18(4)12-14/h14,17H,6-13H2,1-5H3.